The summed E-state index contributed by atoms with van der Waals surface area (Å²) in [5.41, 5.74) is 1.28. The fraction of sp³-hybridized carbons (Fsp3) is 0.480. The second kappa shape index (κ2) is 10.1. The van der Waals surface area contributed by atoms with E-state index in [0.717, 1.165) is 12.8 Å². The lowest BCUT2D eigenvalue weighted by atomic mass is 10.0. The zero-order chi connectivity index (χ0) is 24.2. The van der Waals surface area contributed by atoms with Gasteiger partial charge in [0.1, 0.15) is 11.3 Å². The third kappa shape index (κ3) is 6.60. The van der Waals surface area contributed by atoms with Crippen LogP contribution < -0.4 is 10.6 Å². The Bertz CT molecular complexity index is 998. The summed E-state index contributed by atoms with van der Waals surface area (Å²) in [6.07, 6.45) is 3.09. The monoisotopic (exact) mass is 454 g/mol. The summed E-state index contributed by atoms with van der Waals surface area (Å²) in [5, 5.41) is 5.77. The minimum atomic E-state index is -0.519. The van der Waals surface area contributed by atoms with Crippen LogP contribution in [0.1, 0.15) is 64.0 Å². The molecule has 1 aliphatic heterocycles. The van der Waals surface area contributed by atoms with E-state index in [9.17, 15) is 14.4 Å². The number of nitrogens with zero attached hydrogens (tertiary/aromatic N) is 2. The van der Waals surface area contributed by atoms with Crippen LogP contribution in [0.15, 0.2) is 42.6 Å². The molecule has 0 radical (unpaired) electrons. The van der Waals surface area contributed by atoms with Gasteiger partial charge >= 0.3 is 6.09 Å². The standard InChI is InChI=1S/C25H34N4O4/c1-17(2)22(30)26-18-8-6-9-19(16-18)27-23(31)21-10-7-13-29(21)20-11-14-28(15-12-20)24(32)33-25(3,4)5/h6-10,13,16-17,20H,11-12,14-15H2,1-5H3,(H,26,30)(H,27,31). The first-order valence-electron chi connectivity index (χ1n) is 11.4. The normalized spacial score (nSPS) is 14.8. The Hall–Kier alpha value is -3.29. The molecule has 0 unspecified atom stereocenters. The molecule has 0 spiro atoms. The van der Waals surface area contributed by atoms with Gasteiger partial charge in [0, 0.05) is 42.6 Å². The molecule has 2 aromatic rings. The largest absolute Gasteiger partial charge is 0.444 e. The minimum absolute atomic E-state index is 0.0786. The summed E-state index contributed by atoms with van der Waals surface area (Å²) in [6, 6.07) is 10.9. The first-order chi connectivity index (χ1) is 15.5. The molecule has 0 atom stereocenters. The summed E-state index contributed by atoms with van der Waals surface area (Å²) < 4.78 is 7.45. The van der Waals surface area contributed by atoms with Crippen molar-refractivity contribution in [1.29, 1.82) is 0 Å². The summed E-state index contributed by atoms with van der Waals surface area (Å²) >= 11 is 0. The molecule has 8 nitrogen and oxygen atoms in total. The van der Waals surface area contributed by atoms with Crippen molar-refractivity contribution in [3.8, 4) is 0 Å². The van der Waals surface area contributed by atoms with Crippen molar-refractivity contribution >= 4 is 29.3 Å². The van der Waals surface area contributed by atoms with Crippen LogP contribution in [-0.4, -0.2) is 46.1 Å². The van der Waals surface area contributed by atoms with Crippen LogP contribution in [-0.2, 0) is 9.53 Å². The maximum absolute atomic E-state index is 13.0. The molecule has 2 N–H and O–H groups in total. The number of nitrogens with one attached hydrogen (secondary N) is 2. The number of ether oxygens (including phenoxy) is 1. The van der Waals surface area contributed by atoms with E-state index in [1.165, 1.54) is 0 Å². The number of carbonyl (C=O) groups is 3. The quantitative estimate of drug-likeness (QED) is 0.672. The number of piperidine rings is 1. The highest BCUT2D eigenvalue weighted by atomic mass is 16.6. The third-order valence-corrected chi connectivity index (χ3v) is 5.43. The number of hydrogen-bond acceptors (Lipinski definition) is 4. The number of anilines is 2. The summed E-state index contributed by atoms with van der Waals surface area (Å²) in [5.74, 6) is -0.430. The Balaban J connectivity index is 1.62. The number of hydrogen-bond donors (Lipinski definition) is 2. The van der Waals surface area contributed by atoms with E-state index in [2.05, 4.69) is 10.6 Å². The Morgan fingerprint density at radius 2 is 1.64 bits per heavy atom. The fourth-order valence-electron chi connectivity index (χ4n) is 3.71. The number of carbonyl (C=O) groups excluding carboxylic acids is 3. The molecule has 1 aromatic carbocycles. The highest BCUT2D eigenvalue weighted by molar-refractivity contribution is 6.03. The van der Waals surface area contributed by atoms with E-state index < -0.39 is 5.60 Å². The van der Waals surface area contributed by atoms with Crippen LogP contribution >= 0.6 is 0 Å². The number of likely N-dealkylation sites (tertiary alicyclic amines) is 1. The van der Waals surface area contributed by atoms with E-state index in [0.29, 0.717) is 30.2 Å². The second-order valence-corrected chi connectivity index (χ2v) is 9.68. The lowest BCUT2D eigenvalue weighted by Gasteiger charge is -2.34. The van der Waals surface area contributed by atoms with Crippen LogP contribution in [0.2, 0.25) is 0 Å². The lowest BCUT2D eigenvalue weighted by molar-refractivity contribution is -0.118. The van der Waals surface area contributed by atoms with Gasteiger partial charge in [-0.2, -0.15) is 0 Å². The van der Waals surface area contributed by atoms with E-state index in [4.69, 9.17) is 4.74 Å². The number of rotatable bonds is 5. The molecular formula is C25H34N4O4. The fourth-order valence-corrected chi connectivity index (χ4v) is 3.71. The highest BCUT2D eigenvalue weighted by Crippen LogP contribution is 2.26. The van der Waals surface area contributed by atoms with Crippen LogP contribution in [0.25, 0.3) is 0 Å². The average molecular weight is 455 g/mol. The molecule has 1 saturated heterocycles. The van der Waals surface area contributed by atoms with Gasteiger partial charge in [-0.15, -0.1) is 0 Å². The number of amides is 3. The van der Waals surface area contributed by atoms with Crippen LogP contribution in [0.5, 0.6) is 0 Å². The lowest BCUT2D eigenvalue weighted by Crippen LogP contribution is -2.42. The van der Waals surface area contributed by atoms with Gasteiger partial charge in [0.25, 0.3) is 5.91 Å². The van der Waals surface area contributed by atoms with Gasteiger partial charge < -0.3 is 24.8 Å². The van der Waals surface area contributed by atoms with E-state index >= 15 is 0 Å². The van der Waals surface area contributed by atoms with Crippen molar-refractivity contribution in [1.82, 2.24) is 9.47 Å². The Kier molecular flexibility index (Phi) is 7.46. The van der Waals surface area contributed by atoms with Gasteiger partial charge in [-0.1, -0.05) is 19.9 Å². The van der Waals surface area contributed by atoms with Crippen molar-refractivity contribution in [2.45, 2.75) is 59.1 Å². The predicted octanol–water partition coefficient (Wildman–Crippen LogP) is 4.91. The summed E-state index contributed by atoms with van der Waals surface area (Å²) in [6.45, 7) is 10.4. The van der Waals surface area contributed by atoms with Crippen molar-refractivity contribution in [2.24, 2.45) is 5.92 Å². The Morgan fingerprint density at radius 3 is 2.24 bits per heavy atom. The van der Waals surface area contributed by atoms with Gasteiger partial charge in [0.15, 0.2) is 0 Å². The molecule has 178 valence electrons. The maximum atomic E-state index is 13.0. The third-order valence-electron chi connectivity index (χ3n) is 5.43. The Morgan fingerprint density at radius 1 is 1.00 bits per heavy atom. The average Bonchev–Trinajstić information content (AvgIpc) is 3.23. The topological polar surface area (TPSA) is 92.7 Å². The van der Waals surface area contributed by atoms with Gasteiger partial charge in [-0.3, -0.25) is 9.59 Å². The van der Waals surface area contributed by atoms with Gasteiger partial charge in [0.2, 0.25) is 5.91 Å². The number of benzene rings is 1. The first kappa shape index (κ1) is 24.4. The molecular weight excluding hydrogens is 420 g/mol. The van der Waals surface area contributed by atoms with Gasteiger partial charge in [-0.05, 0) is 63.9 Å². The highest BCUT2D eigenvalue weighted by Gasteiger charge is 2.28. The molecule has 33 heavy (non-hydrogen) atoms. The molecule has 1 aliphatic rings. The molecule has 0 saturated carbocycles. The molecule has 3 amide bonds. The van der Waals surface area contributed by atoms with E-state index in [1.807, 2.05) is 51.4 Å². The van der Waals surface area contributed by atoms with Crippen molar-refractivity contribution < 1.29 is 19.1 Å². The van der Waals surface area contributed by atoms with E-state index in [1.54, 1.807) is 35.2 Å². The smallest absolute Gasteiger partial charge is 0.410 e. The van der Waals surface area contributed by atoms with Crippen molar-refractivity contribution in [2.75, 3.05) is 23.7 Å². The molecule has 3 rings (SSSR count). The first-order valence-corrected chi connectivity index (χ1v) is 11.4. The Labute approximate surface area is 195 Å². The second-order valence-electron chi connectivity index (χ2n) is 9.68. The zero-order valence-corrected chi connectivity index (χ0v) is 20.1. The van der Waals surface area contributed by atoms with Crippen LogP contribution in [0.3, 0.4) is 0 Å². The molecule has 0 aliphatic carbocycles. The van der Waals surface area contributed by atoms with Crippen molar-refractivity contribution in [3.05, 3.63) is 48.3 Å². The van der Waals surface area contributed by atoms with Crippen molar-refractivity contribution in [3.63, 3.8) is 0 Å². The molecule has 2 heterocycles. The van der Waals surface area contributed by atoms with Crippen LogP contribution in [0, 0.1) is 5.92 Å². The van der Waals surface area contributed by atoms with Gasteiger partial charge in [0.05, 0.1) is 0 Å². The zero-order valence-electron chi connectivity index (χ0n) is 20.1. The number of aromatic nitrogens is 1. The minimum Gasteiger partial charge on any atom is -0.444 e. The predicted molar refractivity (Wildman–Crippen MR) is 128 cm³/mol. The molecule has 1 aromatic heterocycles. The summed E-state index contributed by atoms with van der Waals surface area (Å²) in [4.78, 5) is 39.0. The molecule has 1 fully saturated rings. The van der Waals surface area contributed by atoms with Gasteiger partial charge in [-0.25, -0.2) is 4.79 Å². The van der Waals surface area contributed by atoms with Crippen LogP contribution in [0.4, 0.5) is 16.2 Å². The molecule has 8 heteroatoms. The SMILES string of the molecule is CC(C)C(=O)Nc1cccc(NC(=O)c2cccn2C2CCN(C(=O)OC(C)(C)C)CC2)c1. The maximum Gasteiger partial charge on any atom is 0.410 e. The molecule has 0 bridgehead atoms. The summed E-state index contributed by atoms with van der Waals surface area (Å²) in [7, 11) is 0. The van der Waals surface area contributed by atoms with E-state index in [-0.39, 0.29) is 29.9 Å².